The molecular weight excluding hydrogens is 1020 g/mol. The van der Waals surface area contributed by atoms with Crippen LogP contribution in [0.2, 0.25) is 0 Å². The average Bonchev–Trinajstić information content (AvgIpc) is 3.50. The lowest BCUT2D eigenvalue weighted by Crippen LogP contribution is -2.27. The lowest BCUT2D eigenvalue weighted by atomic mass is 10.1. The van der Waals surface area contributed by atoms with E-state index in [0.717, 1.165) is 0 Å². The highest BCUT2D eigenvalue weighted by atomic mass is 16.6. The molecule has 0 aliphatic rings. The third-order valence-electron chi connectivity index (χ3n) is 12.9. The quantitative estimate of drug-likeness (QED) is 0.0467. The van der Waals surface area contributed by atoms with Gasteiger partial charge in [-0.25, -0.2) is 4.79 Å². The van der Waals surface area contributed by atoms with Crippen LogP contribution in [0.3, 0.4) is 0 Å². The summed E-state index contributed by atoms with van der Waals surface area (Å²) in [5.74, 6) is -3.07. The topological polar surface area (TPSA) is 238 Å². The van der Waals surface area contributed by atoms with Gasteiger partial charge in [-0.2, -0.15) is 0 Å². The summed E-state index contributed by atoms with van der Waals surface area (Å²) >= 11 is 0. The molecule has 0 saturated heterocycles. The number of methoxy groups -OCH3 is 1. The van der Waals surface area contributed by atoms with Gasteiger partial charge in [0.2, 0.25) is 0 Å². The molecule has 0 aliphatic carbocycles. The molecular formula is C61H50N8O11. The van der Waals surface area contributed by atoms with Gasteiger partial charge < -0.3 is 40.3 Å². The lowest BCUT2D eigenvalue weighted by Gasteiger charge is -2.20. The van der Waals surface area contributed by atoms with E-state index in [1.165, 1.54) is 51.0 Å². The number of nitrogens with one attached hydrogen (secondary N) is 3. The van der Waals surface area contributed by atoms with E-state index in [-0.39, 0.29) is 40.8 Å². The predicted molar refractivity (Wildman–Crippen MR) is 304 cm³/mol. The van der Waals surface area contributed by atoms with Crippen LogP contribution in [0.5, 0.6) is 0 Å². The molecule has 8 aromatic rings. The summed E-state index contributed by atoms with van der Waals surface area (Å²) in [6.45, 7) is 0. The SMILES string of the molecule is COC(=O)c1ccc(NC(=O)c2ccc(N(C)C(=O)c3ccc(NC(=O)c4ccc(N(C)C(=O)c5ccc(NC(=O)c6ccc(N(C)C(=O)c7ccc(N(C)C(=O)c8ccc([N+](=O)[O-])cc8)cc7)cc6)cc5)cc4)cc3)cc2)cc1. The van der Waals surface area contributed by atoms with Gasteiger partial charge in [0.25, 0.3) is 47.0 Å². The van der Waals surface area contributed by atoms with Gasteiger partial charge in [0.15, 0.2) is 0 Å². The van der Waals surface area contributed by atoms with Crippen molar-refractivity contribution in [2.24, 2.45) is 0 Å². The molecule has 8 rings (SSSR count). The van der Waals surface area contributed by atoms with Gasteiger partial charge in [-0.1, -0.05) is 0 Å². The fourth-order valence-corrected chi connectivity index (χ4v) is 8.12. The van der Waals surface area contributed by atoms with Crippen LogP contribution in [0.4, 0.5) is 45.5 Å². The second kappa shape index (κ2) is 24.3. The molecule has 0 radical (unpaired) electrons. The maximum absolute atomic E-state index is 13.5. The first-order valence-corrected chi connectivity index (χ1v) is 24.5. The highest BCUT2D eigenvalue weighted by Gasteiger charge is 2.21. The number of carbonyl (C=O) groups is 8. The first-order chi connectivity index (χ1) is 38.4. The Kier molecular flexibility index (Phi) is 16.7. The minimum absolute atomic E-state index is 0.129. The van der Waals surface area contributed by atoms with Crippen molar-refractivity contribution in [3.05, 3.63) is 249 Å². The van der Waals surface area contributed by atoms with Crippen LogP contribution in [0.1, 0.15) is 82.9 Å². The average molecular weight is 1070 g/mol. The van der Waals surface area contributed by atoms with Gasteiger partial charge in [0.05, 0.1) is 17.6 Å². The third kappa shape index (κ3) is 12.8. The third-order valence-corrected chi connectivity index (χ3v) is 12.9. The molecule has 80 heavy (non-hydrogen) atoms. The zero-order valence-electron chi connectivity index (χ0n) is 43.7. The number of anilines is 7. The number of amides is 7. The van der Waals surface area contributed by atoms with Crippen LogP contribution in [0.25, 0.3) is 0 Å². The van der Waals surface area contributed by atoms with Crippen LogP contribution in [0, 0.1) is 10.1 Å². The summed E-state index contributed by atoms with van der Waals surface area (Å²) in [5.41, 5.74) is 6.00. The normalized spacial score (nSPS) is 10.6. The Bertz CT molecular complexity index is 3650. The summed E-state index contributed by atoms with van der Waals surface area (Å²) in [4.78, 5) is 120. The number of hydrogen-bond donors (Lipinski definition) is 3. The van der Waals surface area contributed by atoms with Crippen molar-refractivity contribution in [3.8, 4) is 0 Å². The number of carbonyl (C=O) groups excluding carboxylic acids is 8. The van der Waals surface area contributed by atoms with E-state index in [1.807, 2.05) is 0 Å². The number of benzene rings is 8. The van der Waals surface area contributed by atoms with E-state index >= 15 is 0 Å². The van der Waals surface area contributed by atoms with E-state index in [1.54, 1.807) is 198 Å². The number of rotatable bonds is 16. The van der Waals surface area contributed by atoms with Crippen molar-refractivity contribution in [1.29, 1.82) is 0 Å². The summed E-state index contributed by atoms with van der Waals surface area (Å²) in [5, 5.41) is 19.4. The number of hydrogen-bond acceptors (Lipinski definition) is 11. The molecule has 0 heterocycles. The minimum atomic E-state index is -0.545. The van der Waals surface area contributed by atoms with Crippen molar-refractivity contribution in [2.75, 3.05) is 70.9 Å². The Morgan fingerprint density at radius 3 is 0.787 bits per heavy atom. The van der Waals surface area contributed by atoms with Crippen molar-refractivity contribution in [3.63, 3.8) is 0 Å². The molecule has 0 aromatic heterocycles. The first-order valence-electron chi connectivity index (χ1n) is 24.5. The van der Waals surface area contributed by atoms with Crippen molar-refractivity contribution in [2.45, 2.75) is 0 Å². The van der Waals surface area contributed by atoms with E-state index < -0.39 is 22.7 Å². The van der Waals surface area contributed by atoms with Crippen LogP contribution in [-0.2, 0) is 4.74 Å². The Labute approximate surface area is 458 Å². The Balaban J connectivity index is 0.784. The largest absolute Gasteiger partial charge is 0.465 e. The smallest absolute Gasteiger partial charge is 0.337 e. The predicted octanol–water partition coefficient (Wildman–Crippen LogP) is 10.2. The van der Waals surface area contributed by atoms with E-state index in [9.17, 15) is 48.5 Å². The van der Waals surface area contributed by atoms with Gasteiger partial charge in [-0.3, -0.25) is 43.7 Å². The Morgan fingerprint density at radius 2 is 0.550 bits per heavy atom. The standard InChI is InChI=1S/C61H50N8O11/c1-65(49-28-12-38(13-29-49)54(70)62-46-22-6-42(7-23-46)58(74)66(2)50-30-14-40(15-31-50)56(72)64-48-26-10-45(11-27-48)61(77)80-5)57(73)41-8-24-47(25-9-41)63-55(71)39-16-32-51(33-17-39)67(3)59(75)43-18-34-52(35-19-43)68(4)60(76)44-20-36-53(37-21-44)69(78)79/h6-37H,1-5H3,(H,62,70)(H,63,71)(H,64,72). The number of non-ortho nitro benzene ring substituents is 1. The minimum Gasteiger partial charge on any atom is -0.465 e. The first kappa shape index (κ1) is 55.2. The summed E-state index contributed by atoms with van der Waals surface area (Å²) < 4.78 is 4.70. The molecule has 0 saturated carbocycles. The van der Waals surface area contributed by atoms with E-state index in [0.29, 0.717) is 78.8 Å². The molecule has 19 nitrogen and oxygen atoms in total. The Hall–Kier alpha value is -11.1. The number of ether oxygens (including phenoxy) is 1. The van der Waals surface area contributed by atoms with E-state index in [4.69, 9.17) is 4.74 Å². The van der Waals surface area contributed by atoms with Gasteiger partial charge >= 0.3 is 5.97 Å². The zero-order chi connectivity index (χ0) is 57.2. The molecule has 400 valence electrons. The molecule has 0 unspecified atom stereocenters. The van der Waals surface area contributed by atoms with Crippen LogP contribution in [-0.4, -0.2) is 87.5 Å². The summed E-state index contributed by atoms with van der Waals surface area (Å²) in [6.07, 6.45) is 0. The fraction of sp³-hybridized carbons (Fsp3) is 0.0820. The zero-order valence-corrected chi connectivity index (χ0v) is 43.7. The van der Waals surface area contributed by atoms with Crippen LogP contribution >= 0.6 is 0 Å². The van der Waals surface area contributed by atoms with Gasteiger partial charge in [0, 0.05) is 119 Å². The van der Waals surface area contributed by atoms with Gasteiger partial charge in [-0.15, -0.1) is 0 Å². The highest BCUT2D eigenvalue weighted by Crippen LogP contribution is 2.25. The second-order valence-corrected chi connectivity index (χ2v) is 18.0. The second-order valence-electron chi connectivity index (χ2n) is 18.0. The molecule has 3 N–H and O–H groups in total. The van der Waals surface area contributed by atoms with Crippen LogP contribution in [0.15, 0.2) is 194 Å². The highest BCUT2D eigenvalue weighted by molar-refractivity contribution is 6.11. The summed E-state index contributed by atoms with van der Waals surface area (Å²) in [7, 11) is 7.64. The Morgan fingerprint density at radius 1 is 0.338 bits per heavy atom. The monoisotopic (exact) mass is 1070 g/mol. The van der Waals surface area contributed by atoms with Crippen molar-refractivity contribution >= 4 is 92.8 Å². The maximum atomic E-state index is 13.5. The number of nitro benzene ring substituents is 1. The molecule has 0 aliphatic heterocycles. The maximum Gasteiger partial charge on any atom is 0.337 e. The van der Waals surface area contributed by atoms with Crippen molar-refractivity contribution < 1.29 is 48.0 Å². The van der Waals surface area contributed by atoms with Gasteiger partial charge in [0.1, 0.15) is 0 Å². The molecule has 8 aromatic carbocycles. The number of esters is 1. The number of nitro groups is 1. The van der Waals surface area contributed by atoms with Crippen LogP contribution < -0.4 is 35.6 Å². The molecule has 19 heteroatoms. The molecule has 0 atom stereocenters. The van der Waals surface area contributed by atoms with Crippen molar-refractivity contribution in [1.82, 2.24) is 0 Å². The van der Waals surface area contributed by atoms with Gasteiger partial charge in [-0.05, 0) is 182 Å². The lowest BCUT2D eigenvalue weighted by molar-refractivity contribution is -0.384. The van der Waals surface area contributed by atoms with E-state index in [2.05, 4.69) is 16.0 Å². The molecule has 7 amide bonds. The molecule has 0 spiro atoms. The molecule has 0 fully saturated rings. The summed E-state index contributed by atoms with van der Waals surface area (Å²) in [6, 6.07) is 50.1. The fourth-order valence-electron chi connectivity index (χ4n) is 8.12. The number of nitrogens with zero attached hydrogens (tertiary/aromatic N) is 5. The molecule has 0 bridgehead atoms.